The summed E-state index contributed by atoms with van der Waals surface area (Å²) in [7, 11) is 1.32. The summed E-state index contributed by atoms with van der Waals surface area (Å²) in [5, 5.41) is 4.58. The number of hydrogen-bond donors (Lipinski definition) is 1. The highest BCUT2D eigenvalue weighted by Gasteiger charge is 2.09. The molecule has 5 nitrogen and oxygen atoms in total. The highest BCUT2D eigenvalue weighted by Crippen LogP contribution is 2.08. The summed E-state index contributed by atoms with van der Waals surface area (Å²) in [6.07, 6.45) is 1.51. The van der Waals surface area contributed by atoms with Crippen LogP contribution in [0.15, 0.2) is 35.8 Å². The van der Waals surface area contributed by atoms with Gasteiger partial charge in [0.15, 0.2) is 0 Å². The van der Waals surface area contributed by atoms with Crippen LogP contribution in [0.3, 0.4) is 0 Å². The molecule has 2 heterocycles. The van der Waals surface area contributed by atoms with Crippen molar-refractivity contribution < 1.29 is 14.3 Å². The van der Waals surface area contributed by atoms with Crippen LogP contribution in [0.2, 0.25) is 0 Å². The van der Waals surface area contributed by atoms with Crippen molar-refractivity contribution in [3.8, 4) is 0 Å². The van der Waals surface area contributed by atoms with E-state index in [9.17, 15) is 9.59 Å². The van der Waals surface area contributed by atoms with Gasteiger partial charge in [0.25, 0.3) is 5.91 Å². The largest absolute Gasteiger partial charge is 0.465 e. The van der Waals surface area contributed by atoms with Crippen molar-refractivity contribution in [1.29, 1.82) is 0 Å². The fourth-order valence-corrected chi connectivity index (χ4v) is 2.13. The van der Waals surface area contributed by atoms with E-state index in [1.54, 1.807) is 18.2 Å². The number of methoxy groups -OCH3 is 1. The molecule has 0 radical (unpaired) electrons. The number of aromatic nitrogens is 1. The molecule has 0 unspecified atom stereocenters. The molecular formula is C13H12N2O3S. The minimum atomic E-state index is -0.423. The van der Waals surface area contributed by atoms with Gasteiger partial charge in [-0.1, -0.05) is 6.07 Å². The van der Waals surface area contributed by atoms with Gasteiger partial charge in [0, 0.05) is 6.20 Å². The predicted molar refractivity (Wildman–Crippen MR) is 71.1 cm³/mol. The normalized spacial score (nSPS) is 9.95. The number of carbonyl (C=O) groups excluding carboxylic acids is 2. The average molecular weight is 276 g/mol. The van der Waals surface area contributed by atoms with Gasteiger partial charge in [-0.15, -0.1) is 11.3 Å². The van der Waals surface area contributed by atoms with Crippen LogP contribution < -0.4 is 5.32 Å². The highest BCUT2D eigenvalue weighted by molar-refractivity contribution is 7.12. The molecule has 2 rings (SSSR count). The maximum absolute atomic E-state index is 11.7. The Balaban J connectivity index is 2.00. The molecule has 0 fully saturated rings. The van der Waals surface area contributed by atoms with Crippen molar-refractivity contribution in [2.75, 3.05) is 7.11 Å². The van der Waals surface area contributed by atoms with Gasteiger partial charge < -0.3 is 10.1 Å². The molecule has 6 heteroatoms. The molecule has 0 bridgehead atoms. The van der Waals surface area contributed by atoms with E-state index in [1.807, 2.05) is 11.4 Å². The molecule has 2 aromatic rings. The van der Waals surface area contributed by atoms with Gasteiger partial charge in [-0.2, -0.15) is 0 Å². The average Bonchev–Trinajstić information content (AvgIpc) is 2.98. The van der Waals surface area contributed by atoms with Crippen molar-refractivity contribution in [2.24, 2.45) is 0 Å². The van der Waals surface area contributed by atoms with Gasteiger partial charge in [-0.05, 0) is 23.6 Å². The molecular weight excluding hydrogens is 264 g/mol. The summed E-state index contributed by atoms with van der Waals surface area (Å²) in [5.41, 5.74) is 1.02. The van der Waals surface area contributed by atoms with E-state index in [4.69, 9.17) is 0 Å². The molecule has 1 amide bonds. The summed E-state index contributed by atoms with van der Waals surface area (Å²) in [4.78, 5) is 27.8. The third-order valence-corrected chi connectivity index (χ3v) is 3.28. The zero-order chi connectivity index (χ0) is 13.7. The zero-order valence-corrected chi connectivity index (χ0v) is 11.1. The zero-order valence-electron chi connectivity index (χ0n) is 10.3. The van der Waals surface area contributed by atoms with Crippen LogP contribution in [0.25, 0.3) is 0 Å². The van der Waals surface area contributed by atoms with Crippen LogP contribution in [0.4, 0.5) is 0 Å². The van der Waals surface area contributed by atoms with E-state index < -0.39 is 5.97 Å². The maximum Gasteiger partial charge on any atom is 0.337 e. The quantitative estimate of drug-likeness (QED) is 0.865. The van der Waals surface area contributed by atoms with E-state index in [0.717, 1.165) is 0 Å². The van der Waals surface area contributed by atoms with Crippen LogP contribution >= 0.6 is 11.3 Å². The van der Waals surface area contributed by atoms with Crippen molar-refractivity contribution in [3.05, 3.63) is 52.0 Å². The van der Waals surface area contributed by atoms with Crippen LogP contribution in [0.1, 0.15) is 25.7 Å². The molecule has 0 aliphatic rings. The number of pyridine rings is 1. The first-order valence-electron chi connectivity index (χ1n) is 5.55. The number of thiophene rings is 1. The van der Waals surface area contributed by atoms with Crippen molar-refractivity contribution in [2.45, 2.75) is 6.54 Å². The van der Waals surface area contributed by atoms with Crippen LogP contribution in [0, 0.1) is 0 Å². The molecule has 0 aliphatic carbocycles. The number of rotatable bonds is 4. The van der Waals surface area contributed by atoms with Crippen LogP contribution in [-0.2, 0) is 11.3 Å². The standard InChI is InChI=1S/C13H12N2O3S/c1-18-13(17)9-4-5-14-10(7-9)8-15-12(16)11-3-2-6-19-11/h2-7H,8H2,1H3,(H,15,16). The molecule has 0 aromatic carbocycles. The molecule has 2 aromatic heterocycles. The van der Waals surface area contributed by atoms with Gasteiger partial charge in [0.1, 0.15) is 0 Å². The lowest BCUT2D eigenvalue weighted by Gasteiger charge is -2.04. The third-order valence-electron chi connectivity index (χ3n) is 2.41. The fraction of sp³-hybridized carbons (Fsp3) is 0.154. The highest BCUT2D eigenvalue weighted by atomic mass is 32.1. The predicted octanol–water partition coefficient (Wildman–Crippen LogP) is 1.86. The molecule has 0 saturated heterocycles. The lowest BCUT2D eigenvalue weighted by Crippen LogP contribution is -2.22. The summed E-state index contributed by atoms with van der Waals surface area (Å²) in [5.74, 6) is -0.575. The first-order chi connectivity index (χ1) is 9.20. The molecule has 0 atom stereocenters. The Hall–Kier alpha value is -2.21. The Morgan fingerprint density at radius 2 is 2.26 bits per heavy atom. The first kappa shape index (κ1) is 13.2. The Bertz CT molecular complexity index is 581. The number of hydrogen-bond acceptors (Lipinski definition) is 5. The van der Waals surface area contributed by atoms with Gasteiger partial charge >= 0.3 is 5.97 Å². The van der Waals surface area contributed by atoms with E-state index in [2.05, 4.69) is 15.0 Å². The van der Waals surface area contributed by atoms with Crippen molar-refractivity contribution in [1.82, 2.24) is 10.3 Å². The van der Waals surface area contributed by atoms with Crippen LogP contribution in [0.5, 0.6) is 0 Å². The number of amides is 1. The van der Waals surface area contributed by atoms with E-state index in [-0.39, 0.29) is 12.5 Å². The number of nitrogens with zero attached hydrogens (tertiary/aromatic N) is 1. The van der Waals surface area contributed by atoms with Gasteiger partial charge in [-0.3, -0.25) is 9.78 Å². The van der Waals surface area contributed by atoms with E-state index >= 15 is 0 Å². The second kappa shape index (κ2) is 6.10. The second-order valence-electron chi connectivity index (χ2n) is 3.69. The molecule has 98 valence electrons. The molecule has 0 saturated carbocycles. The number of esters is 1. The lowest BCUT2D eigenvalue weighted by molar-refractivity contribution is 0.0600. The molecule has 19 heavy (non-hydrogen) atoms. The monoisotopic (exact) mass is 276 g/mol. The first-order valence-corrected chi connectivity index (χ1v) is 6.43. The second-order valence-corrected chi connectivity index (χ2v) is 4.64. The third kappa shape index (κ3) is 3.38. The summed E-state index contributed by atoms with van der Waals surface area (Å²) >= 11 is 1.37. The summed E-state index contributed by atoms with van der Waals surface area (Å²) < 4.78 is 4.62. The number of ether oxygens (including phenoxy) is 1. The molecule has 0 aliphatic heterocycles. The Kier molecular flexibility index (Phi) is 4.25. The number of nitrogens with one attached hydrogen (secondary N) is 1. The van der Waals surface area contributed by atoms with Gasteiger partial charge in [-0.25, -0.2) is 4.79 Å². The minimum absolute atomic E-state index is 0.153. The Labute approximate surface area is 114 Å². The van der Waals surface area contributed by atoms with E-state index in [1.165, 1.54) is 24.6 Å². The minimum Gasteiger partial charge on any atom is -0.465 e. The molecule has 1 N–H and O–H groups in total. The van der Waals surface area contributed by atoms with E-state index in [0.29, 0.717) is 16.1 Å². The summed E-state index contributed by atoms with van der Waals surface area (Å²) in [6.45, 7) is 0.265. The smallest absolute Gasteiger partial charge is 0.337 e. The molecule has 0 spiro atoms. The number of carbonyl (C=O) groups is 2. The SMILES string of the molecule is COC(=O)c1ccnc(CNC(=O)c2cccs2)c1. The van der Waals surface area contributed by atoms with Crippen LogP contribution in [-0.4, -0.2) is 24.0 Å². The Morgan fingerprint density at radius 3 is 2.95 bits per heavy atom. The lowest BCUT2D eigenvalue weighted by atomic mass is 10.2. The fourth-order valence-electron chi connectivity index (χ4n) is 1.49. The summed E-state index contributed by atoms with van der Waals surface area (Å²) in [6, 6.07) is 6.73. The van der Waals surface area contributed by atoms with Crippen molar-refractivity contribution >= 4 is 23.2 Å². The Morgan fingerprint density at radius 1 is 1.42 bits per heavy atom. The van der Waals surface area contributed by atoms with Gasteiger partial charge in [0.05, 0.1) is 29.8 Å². The van der Waals surface area contributed by atoms with Crippen molar-refractivity contribution in [3.63, 3.8) is 0 Å². The maximum atomic E-state index is 11.7. The topological polar surface area (TPSA) is 68.3 Å². The van der Waals surface area contributed by atoms with Gasteiger partial charge in [0.2, 0.25) is 0 Å².